The molecule has 5 nitrogen and oxygen atoms in total. The summed E-state index contributed by atoms with van der Waals surface area (Å²) in [6.45, 7) is 5.22. The Labute approximate surface area is 126 Å². The van der Waals surface area contributed by atoms with Crippen LogP contribution < -0.4 is 5.32 Å². The maximum absolute atomic E-state index is 12.8. The summed E-state index contributed by atoms with van der Waals surface area (Å²) in [6, 6.07) is -0.368. The number of carbonyl (C=O) groups is 2. The topological polar surface area (TPSA) is 58.6 Å². The van der Waals surface area contributed by atoms with Crippen LogP contribution in [0, 0.1) is 5.92 Å². The van der Waals surface area contributed by atoms with Gasteiger partial charge in [0, 0.05) is 13.2 Å². The Morgan fingerprint density at radius 2 is 2.05 bits per heavy atom. The molecule has 0 aromatic carbocycles. The summed E-state index contributed by atoms with van der Waals surface area (Å²) in [5.74, 6) is 0.399. The monoisotopic (exact) mass is 294 g/mol. The Balaban J connectivity index is 1.82. The SMILES string of the molecule is CCC1NC(=O)C(C)(C2CC2)N(CC2CCCCO2)C1=O. The van der Waals surface area contributed by atoms with Gasteiger partial charge in [0.2, 0.25) is 11.8 Å². The van der Waals surface area contributed by atoms with E-state index in [4.69, 9.17) is 4.74 Å². The van der Waals surface area contributed by atoms with Crippen LogP contribution in [0.5, 0.6) is 0 Å². The van der Waals surface area contributed by atoms with Crippen molar-refractivity contribution in [3.8, 4) is 0 Å². The molecule has 3 fully saturated rings. The van der Waals surface area contributed by atoms with Gasteiger partial charge >= 0.3 is 0 Å². The lowest BCUT2D eigenvalue weighted by atomic mass is 9.87. The van der Waals surface area contributed by atoms with Crippen LogP contribution in [-0.2, 0) is 14.3 Å². The van der Waals surface area contributed by atoms with E-state index in [0.717, 1.165) is 38.7 Å². The highest BCUT2D eigenvalue weighted by Gasteiger charge is 2.57. The molecule has 0 spiro atoms. The van der Waals surface area contributed by atoms with Crippen LogP contribution in [0.15, 0.2) is 0 Å². The van der Waals surface area contributed by atoms with Crippen molar-refractivity contribution < 1.29 is 14.3 Å². The third-order valence-electron chi connectivity index (χ3n) is 5.33. The van der Waals surface area contributed by atoms with E-state index in [2.05, 4.69) is 5.32 Å². The van der Waals surface area contributed by atoms with E-state index < -0.39 is 5.54 Å². The Kier molecular flexibility index (Phi) is 3.95. The summed E-state index contributed by atoms with van der Waals surface area (Å²) < 4.78 is 5.80. The molecule has 2 amide bonds. The molecule has 3 unspecified atom stereocenters. The van der Waals surface area contributed by atoms with Crippen molar-refractivity contribution in [3.05, 3.63) is 0 Å². The van der Waals surface area contributed by atoms with E-state index in [9.17, 15) is 9.59 Å². The van der Waals surface area contributed by atoms with Gasteiger partial charge in [-0.15, -0.1) is 0 Å². The average molecular weight is 294 g/mol. The maximum Gasteiger partial charge on any atom is 0.246 e. The second-order valence-corrected chi connectivity index (χ2v) is 6.79. The van der Waals surface area contributed by atoms with Gasteiger partial charge in [0.25, 0.3) is 0 Å². The zero-order chi connectivity index (χ0) is 15.0. The minimum Gasteiger partial charge on any atom is -0.376 e. The van der Waals surface area contributed by atoms with Crippen molar-refractivity contribution in [1.82, 2.24) is 10.2 Å². The molecule has 1 aliphatic carbocycles. The predicted octanol–water partition coefficient (Wildman–Crippen LogP) is 1.46. The van der Waals surface area contributed by atoms with E-state index in [1.54, 1.807) is 0 Å². The molecule has 5 heteroatoms. The largest absolute Gasteiger partial charge is 0.376 e. The first-order valence-corrected chi connectivity index (χ1v) is 8.31. The number of ether oxygens (including phenoxy) is 1. The molecule has 1 N–H and O–H groups in total. The third-order valence-corrected chi connectivity index (χ3v) is 5.33. The molecule has 21 heavy (non-hydrogen) atoms. The van der Waals surface area contributed by atoms with Crippen LogP contribution in [0.3, 0.4) is 0 Å². The van der Waals surface area contributed by atoms with Crippen molar-refractivity contribution in [3.63, 3.8) is 0 Å². The first kappa shape index (κ1) is 14.8. The van der Waals surface area contributed by atoms with Crippen molar-refractivity contribution in [2.24, 2.45) is 5.92 Å². The van der Waals surface area contributed by atoms with Gasteiger partial charge in [0.1, 0.15) is 11.6 Å². The Bertz CT molecular complexity index is 429. The van der Waals surface area contributed by atoms with Crippen molar-refractivity contribution in [2.75, 3.05) is 13.2 Å². The van der Waals surface area contributed by atoms with Crippen molar-refractivity contribution >= 4 is 11.8 Å². The number of hydrogen-bond acceptors (Lipinski definition) is 3. The maximum atomic E-state index is 12.8. The quantitative estimate of drug-likeness (QED) is 0.854. The third kappa shape index (κ3) is 2.56. The summed E-state index contributed by atoms with van der Waals surface area (Å²) in [7, 11) is 0. The number of piperazine rings is 1. The highest BCUT2D eigenvalue weighted by atomic mass is 16.5. The van der Waals surface area contributed by atoms with Gasteiger partial charge in [0.05, 0.1) is 6.10 Å². The van der Waals surface area contributed by atoms with E-state index >= 15 is 0 Å². The summed E-state index contributed by atoms with van der Waals surface area (Å²) in [6.07, 6.45) is 6.05. The highest BCUT2D eigenvalue weighted by molar-refractivity contribution is 6.00. The molecule has 0 bridgehead atoms. The van der Waals surface area contributed by atoms with Gasteiger partial charge in [0.15, 0.2) is 0 Å². The molecule has 1 saturated carbocycles. The molecule has 2 aliphatic heterocycles. The Hall–Kier alpha value is -1.10. The number of hydrogen-bond donors (Lipinski definition) is 1. The number of amides is 2. The summed E-state index contributed by atoms with van der Waals surface area (Å²) in [5.41, 5.74) is -0.677. The van der Waals surface area contributed by atoms with Crippen molar-refractivity contribution in [1.29, 1.82) is 0 Å². The number of carbonyl (C=O) groups excluding carboxylic acids is 2. The van der Waals surface area contributed by atoms with Gasteiger partial charge < -0.3 is 15.0 Å². The van der Waals surface area contributed by atoms with Crippen LogP contribution in [0.4, 0.5) is 0 Å². The van der Waals surface area contributed by atoms with E-state index in [1.807, 2.05) is 18.7 Å². The summed E-state index contributed by atoms with van der Waals surface area (Å²) >= 11 is 0. The average Bonchev–Trinajstić information content (AvgIpc) is 3.33. The molecule has 3 rings (SSSR count). The van der Waals surface area contributed by atoms with Crippen LogP contribution in [0.2, 0.25) is 0 Å². The normalized spacial score (nSPS) is 37.5. The summed E-state index contributed by atoms with van der Waals surface area (Å²) in [5, 5.41) is 2.92. The standard InChI is InChI=1S/C16H26N2O3/c1-3-13-14(19)18(10-12-6-4-5-9-21-12)16(2,11-7-8-11)15(20)17-13/h11-13H,3-10H2,1-2H3,(H,17,20). The zero-order valence-electron chi connectivity index (χ0n) is 13.1. The van der Waals surface area contributed by atoms with E-state index in [1.165, 1.54) is 0 Å². The van der Waals surface area contributed by atoms with Gasteiger partial charge in [-0.2, -0.15) is 0 Å². The smallest absolute Gasteiger partial charge is 0.246 e. The number of nitrogens with zero attached hydrogens (tertiary/aromatic N) is 1. The lowest BCUT2D eigenvalue weighted by Gasteiger charge is -2.48. The first-order chi connectivity index (χ1) is 10.1. The van der Waals surface area contributed by atoms with Gasteiger partial charge in [-0.1, -0.05) is 6.92 Å². The molecular formula is C16H26N2O3. The van der Waals surface area contributed by atoms with Crippen molar-refractivity contribution in [2.45, 2.75) is 70.1 Å². The number of nitrogens with one attached hydrogen (secondary N) is 1. The van der Waals surface area contributed by atoms with Gasteiger partial charge in [-0.05, 0) is 51.4 Å². The Morgan fingerprint density at radius 1 is 1.29 bits per heavy atom. The molecule has 118 valence electrons. The molecule has 0 aromatic heterocycles. The zero-order valence-corrected chi connectivity index (χ0v) is 13.1. The van der Waals surface area contributed by atoms with E-state index in [0.29, 0.717) is 18.9 Å². The predicted molar refractivity (Wildman–Crippen MR) is 78.7 cm³/mol. The molecule has 2 heterocycles. The van der Waals surface area contributed by atoms with Crippen LogP contribution >= 0.6 is 0 Å². The Morgan fingerprint density at radius 3 is 2.62 bits per heavy atom. The lowest BCUT2D eigenvalue weighted by molar-refractivity contribution is -0.161. The molecule has 2 saturated heterocycles. The molecule has 0 aromatic rings. The van der Waals surface area contributed by atoms with E-state index in [-0.39, 0.29) is 24.0 Å². The minimum absolute atomic E-state index is 0.0206. The lowest BCUT2D eigenvalue weighted by Crippen LogP contribution is -2.71. The second kappa shape index (κ2) is 5.59. The first-order valence-electron chi connectivity index (χ1n) is 8.31. The fourth-order valence-corrected chi connectivity index (χ4v) is 3.67. The molecule has 3 atom stereocenters. The number of rotatable bonds is 4. The fraction of sp³-hybridized carbons (Fsp3) is 0.875. The minimum atomic E-state index is -0.677. The second-order valence-electron chi connectivity index (χ2n) is 6.79. The van der Waals surface area contributed by atoms with Crippen LogP contribution in [0.1, 0.15) is 52.4 Å². The van der Waals surface area contributed by atoms with Crippen LogP contribution in [0.25, 0.3) is 0 Å². The van der Waals surface area contributed by atoms with Gasteiger partial charge in [-0.3, -0.25) is 9.59 Å². The fourth-order valence-electron chi connectivity index (χ4n) is 3.67. The molecule has 3 aliphatic rings. The highest BCUT2D eigenvalue weighted by Crippen LogP contribution is 2.45. The molecule has 0 radical (unpaired) electrons. The summed E-state index contributed by atoms with van der Waals surface area (Å²) in [4.78, 5) is 27.2. The molecular weight excluding hydrogens is 268 g/mol. The van der Waals surface area contributed by atoms with Gasteiger partial charge in [-0.25, -0.2) is 0 Å². The van der Waals surface area contributed by atoms with Crippen LogP contribution in [-0.4, -0.2) is 47.6 Å².